The lowest BCUT2D eigenvalue weighted by Gasteiger charge is -1.96. The van der Waals surface area contributed by atoms with Gasteiger partial charge in [-0.15, -0.1) is 5.73 Å². The molecule has 0 rings (SSSR count). The minimum absolute atomic E-state index is 0.279. The van der Waals surface area contributed by atoms with Gasteiger partial charge in [0.05, 0.1) is 0 Å². The summed E-state index contributed by atoms with van der Waals surface area (Å²) in [5.74, 6) is -1.00. The van der Waals surface area contributed by atoms with Crippen molar-refractivity contribution >= 4 is 11.9 Å². The van der Waals surface area contributed by atoms with Crippen LogP contribution in [0.2, 0.25) is 0 Å². The number of allylic oxidation sites excluding steroid dienone is 1. The Labute approximate surface area is 78.1 Å². The van der Waals surface area contributed by atoms with Crippen LogP contribution in [0.5, 0.6) is 0 Å². The molecular weight excluding hydrogens is 168 g/mol. The van der Waals surface area contributed by atoms with Gasteiger partial charge in [0.25, 0.3) is 0 Å². The lowest BCUT2D eigenvalue weighted by molar-refractivity contribution is -0.158. The summed E-state index contributed by atoms with van der Waals surface area (Å²) < 4.78 is 4.34. The molecule has 0 saturated heterocycles. The molecule has 0 aromatic rings. The molecule has 0 saturated carbocycles. The number of carbonyl (C=O) groups is 2. The minimum atomic E-state index is -0.547. The molecule has 3 heteroatoms. The van der Waals surface area contributed by atoms with Gasteiger partial charge in [0.2, 0.25) is 0 Å². The van der Waals surface area contributed by atoms with E-state index in [1.165, 1.54) is 6.92 Å². The van der Waals surface area contributed by atoms with Crippen molar-refractivity contribution in [1.82, 2.24) is 0 Å². The monoisotopic (exact) mass is 182 g/mol. The molecule has 13 heavy (non-hydrogen) atoms. The van der Waals surface area contributed by atoms with Gasteiger partial charge in [-0.1, -0.05) is 0 Å². The Balaban J connectivity index is 3.48. The summed E-state index contributed by atoms with van der Waals surface area (Å²) in [6.45, 7) is 3.10. The molecule has 0 N–H and O–H groups in total. The quantitative estimate of drug-likeness (QED) is 0.289. The van der Waals surface area contributed by atoms with Crippen LogP contribution in [0, 0.1) is 0 Å². The summed E-state index contributed by atoms with van der Waals surface area (Å²) >= 11 is 0. The molecule has 0 fully saturated rings. The fourth-order valence-corrected chi connectivity index (χ4v) is 0.761. The molecule has 0 aliphatic rings. The Bertz CT molecular complexity index is 235. The highest BCUT2D eigenvalue weighted by Crippen LogP contribution is 1.98. The predicted octanol–water partition coefficient (Wildman–Crippen LogP) is 1.98. The topological polar surface area (TPSA) is 43.4 Å². The Morgan fingerprint density at radius 3 is 2.69 bits per heavy atom. The fourth-order valence-electron chi connectivity index (χ4n) is 0.761. The maximum Gasteiger partial charge on any atom is 0.313 e. The summed E-state index contributed by atoms with van der Waals surface area (Å²) in [6, 6.07) is 0. The first kappa shape index (κ1) is 11.7. The highest BCUT2D eigenvalue weighted by atomic mass is 16.6. The van der Waals surface area contributed by atoms with E-state index in [1.54, 1.807) is 6.08 Å². The highest BCUT2D eigenvalue weighted by molar-refractivity contribution is 5.83. The summed E-state index contributed by atoms with van der Waals surface area (Å²) in [4.78, 5) is 21.1. The van der Waals surface area contributed by atoms with Crippen LogP contribution in [-0.4, -0.2) is 11.9 Å². The first-order chi connectivity index (χ1) is 6.16. The summed E-state index contributed by atoms with van der Waals surface area (Å²) in [6.07, 6.45) is 5.39. The smallest absolute Gasteiger partial charge is 0.313 e. The number of hydrogen-bond donors (Lipinski definition) is 0. The highest BCUT2D eigenvalue weighted by Gasteiger charge is 2.03. The van der Waals surface area contributed by atoms with E-state index in [1.807, 2.05) is 13.0 Å². The third kappa shape index (κ3) is 8.57. The van der Waals surface area contributed by atoms with Gasteiger partial charge in [-0.05, 0) is 31.9 Å². The molecule has 0 unspecified atom stereocenters. The maximum atomic E-state index is 10.8. The van der Waals surface area contributed by atoms with Crippen molar-refractivity contribution in [3.05, 3.63) is 17.9 Å². The van der Waals surface area contributed by atoms with E-state index < -0.39 is 11.9 Å². The Kier molecular flexibility index (Phi) is 6.56. The van der Waals surface area contributed by atoms with Crippen molar-refractivity contribution in [2.45, 2.75) is 33.1 Å². The maximum absolute atomic E-state index is 10.8. The molecule has 3 nitrogen and oxygen atoms in total. The molecule has 0 aliphatic heterocycles. The van der Waals surface area contributed by atoms with Crippen LogP contribution in [0.1, 0.15) is 33.1 Å². The Hall–Kier alpha value is -1.34. The molecule has 0 aromatic carbocycles. The standard InChI is InChI=1S/C10H14O3/c1-3-4-5-6-7-8-10(12)13-9(2)11/h3,5H,6-8H2,1-2H3. The van der Waals surface area contributed by atoms with E-state index in [-0.39, 0.29) is 6.42 Å². The van der Waals surface area contributed by atoms with E-state index in [4.69, 9.17) is 0 Å². The van der Waals surface area contributed by atoms with Gasteiger partial charge in [0.15, 0.2) is 0 Å². The van der Waals surface area contributed by atoms with Crippen molar-refractivity contribution in [2.75, 3.05) is 0 Å². The number of esters is 2. The number of ether oxygens (including phenoxy) is 1. The largest absolute Gasteiger partial charge is 0.393 e. The van der Waals surface area contributed by atoms with Crippen molar-refractivity contribution < 1.29 is 14.3 Å². The van der Waals surface area contributed by atoms with Crippen molar-refractivity contribution in [3.8, 4) is 0 Å². The van der Waals surface area contributed by atoms with Crippen LogP contribution in [0.3, 0.4) is 0 Å². The number of rotatable bonds is 4. The minimum Gasteiger partial charge on any atom is -0.393 e. The Morgan fingerprint density at radius 1 is 1.46 bits per heavy atom. The van der Waals surface area contributed by atoms with E-state index >= 15 is 0 Å². The molecule has 0 heterocycles. The van der Waals surface area contributed by atoms with E-state index in [9.17, 15) is 9.59 Å². The van der Waals surface area contributed by atoms with Gasteiger partial charge < -0.3 is 4.74 Å². The molecular formula is C10H14O3. The second-order valence-corrected chi connectivity index (χ2v) is 2.52. The second kappa shape index (κ2) is 7.32. The number of carbonyl (C=O) groups excluding carboxylic acids is 2. The molecule has 72 valence electrons. The van der Waals surface area contributed by atoms with Crippen LogP contribution in [0.4, 0.5) is 0 Å². The van der Waals surface area contributed by atoms with Gasteiger partial charge in [-0.25, -0.2) is 0 Å². The van der Waals surface area contributed by atoms with Crippen molar-refractivity contribution in [2.24, 2.45) is 0 Å². The molecule has 0 aromatic heterocycles. The zero-order valence-corrected chi connectivity index (χ0v) is 8.00. The van der Waals surface area contributed by atoms with Crippen LogP contribution in [0.15, 0.2) is 17.9 Å². The van der Waals surface area contributed by atoms with Crippen LogP contribution in [0.25, 0.3) is 0 Å². The van der Waals surface area contributed by atoms with E-state index in [0.717, 1.165) is 6.42 Å². The van der Waals surface area contributed by atoms with Gasteiger partial charge >= 0.3 is 11.9 Å². The average molecular weight is 182 g/mol. The lowest BCUT2D eigenvalue weighted by atomic mass is 10.2. The zero-order valence-electron chi connectivity index (χ0n) is 8.00. The van der Waals surface area contributed by atoms with E-state index in [2.05, 4.69) is 10.5 Å². The van der Waals surface area contributed by atoms with Gasteiger partial charge in [0, 0.05) is 13.3 Å². The first-order valence-corrected chi connectivity index (χ1v) is 4.23. The summed E-state index contributed by atoms with van der Waals surface area (Å²) in [5.41, 5.74) is 2.89. The lowest BCUT2D eigenvalue weighted by Crippen LogP contribution is -2.08. The zero-order chi connectivity index (χ0) is 10.1. The summed E-state index contributed by atoms with van der Waals surface area (Å²) in [5, 5.41) is 0. The first-order valence-electron chi connectivity index (χ1n) is 4.23. The van der Waals surface area contributed by atoms with Gasteiger partial charge in [-0.3, -0.25) is 9.59 Å². The van der Waals surface area contributed by atoms with Crippen molar-refractivity contribution in [3.63, 3.8) is 0 Å². The number of unbranched alkanes of at least 4 members (excludes halogenated alkanes) is 1. The molecule has 0 bridgehead atoms. The van der Waals surface area contributed by atoms with Crippen LogP contribution < -0.4 is 0 Å². The third-order valence-electron chi connectivity index (χ3n) is 1.27. The molecule has 0 atom stereocenters. The van der Waals surface area contributed by atoms with Gasteiger partial charge in [-0.2, -0.15) is 0 Å². The summed E-state index contributed by atoms with van der Waals surface area (Å²) in [7, 11) is 0. The van der Waals surface area contributed by atoms with Crippen LogP contribution in [-0.2, 0) is 14.3 Å². The third-order valence-corrected chi connectivity index (χ3v) is 1.27. The Morgan fingerprint density at radius 2 is 2.15 bits per heavy atom. The fraction of sp³-hybridized carbons (Fsp3) is 0.500. The second-order valence-electron chi connectivity index (χ2n) is 2.52. The molecule has 0 amide bonds. The molecule has 0 aliphatic carbocycles. The van der Waals surface area contributed by atoms with Gasteiger partial charge in [0.1, 0.15) is 0 Å². The van der Waals surface area contributed by atoms with Crippen LogP contribution >= 0.6 is 0 Å². The average Bonchev–Trinajstić information content (AvgIpc) is 2.02. The SMILES string of the molecule is CC=C=CCCCC(=O)OC(C)=O. The van der Waals surface area contributed by atoms with Crippen molar-refractivity contribution in [1.29, 1.82) is 0 Å². The predicted molar refractivity (Wildman–Crippen MR) is 49.0 cm³/mol. The van der Waals surface area contributed by atoms with E-state index in [0.29, 0.717) is 6.42 Å². The normalized spacial score (nSPS) is 8.46. The molecule has 0 radical (unpaired) electrons. The molecule has 0 spiro atoms. The number of hydrogen-bond acceptors (Lipinski definition) is 3.